The number of aryl methyl sites for hydroxylation is 1. The number of halogens is 1. The SMILES string of the molecule is Cc1cc(/C=C2\C(=O)NC(=O)N(c3cccnc3)C2=O)c(C)n1-c1ccccc1F. The van der Waals surface area contributed by atoms with Crippen LogP contribution in [0.5, 0.6) is 0 Å². The molecule has 3 aromatic rings. The summed E-state index contributed by atoms with van der Waals surface area (Å²) in [6, 6.07) is 10.4. The summed E-state index contributed by atoms with van der Waals surface area (Å²) in [5, 5.41) is 2.17. The zero-order chi connectivity index (χ0) is 21.4. The highest BCUT2D eigenvalue weighted by Crippen LogP contribution is 2.26. The summed E-state index contributed by atoms with van der Waals surface area (Å²) >= 11 is 0. The summed E-state index contributed by atoms with van der Waals surface area (Å²) in [6.45, 7) is 3.57. The van der Waals surface area contributed by atoms with Gasteiger partial charge in [0.05, 0.1) is 17.6 Å². The quantitative estimate of drug-likeness (QED) is 0.536. The average Bonchev–Trinajstić information content (AvgIpc) is 2.99. The predicted octanol–water partition coefficient (Wildman–Crippen LogP) is 3.29. The summed E-state index contributed by atoms with van der Waals surface area (Å²) in [5.74, 6) is -1.94. The van der Waals surface area contributed by atoms with Gasteiger partial charge in [-0.15, -0.1) is 0 Å². The Morgan fingerprint density at radius 2 is 1.83 bits per heavy atom. The maximum absolute atomic E-state index is 14.3. The first-order valence-corrected chi connectivity index (χ1v) is 9.14. The van der Waals surface area contributed by atoms with Crippen LogP contribution in [0.1, 0.15) is 17.0 Å². The lowest BCUT2D eigenvalue weighted by Crippen LogP contribution is -2.54. The molecule has 2 aromatic heterocycles. The number of aromatic nitrogens is 2. The Hall–Kier alpha value is -4.07. The van der Waals surface area contributed by atoms with E-state index in [1.54, 1.807) is 54.8 Å². The number of hydrogen-bond donors (Lipinski definition) is 1. The summed E-state index contributed by atoms with van der Waals surface area (Å²) in [5.41, 5.74) is 2.35. The minimum absolute atomic E-state index is 0.202. The lowest BCUT2D eigenvalue weighted by molar-refractivity contribution is -0.122. The van der Waals surface area contributed by atoms with Crippen LogP contribution in [-0.4, -0.2) is 27.4 Å². The molecule has 1 aromatic carbocycles. The van der Waals surface area contributed by atoms with E-state index in [2.05, 4.69) is 10.3 Å². The second-order valence-corrected chi connectivity index (χ2v) is 6.78. The zero-order valence-electron chi connectivity index (χ0n) is 16.2. The van der Waals surface area contributed by atoms with E-state index in [1.165, 1.54) is 24.5 Å². The number of barbiturate groups is 1. The van der Waals surface area contributed by atoms with Crippen molar-refractivity contribution in [3.05, 3.63) is 83.2 Å². The molecule has 7 nitrogen and oxygen atoms in total. The van der Waals surface area contributed by atoms with Crippen molar-refractivity contribution in [2.75, 3.05) is 4.90 Å². The Morgan fingerprint density at radius 3 is 2.53 bits per heavy atom. The summed E-state index contributed by atoms with van der Waals surface area (Å²) < 4.78 is 16.0. The lowest BCUT2D eigenvalue weighted by Gasteiger charge is -2.26. The first-order valence-electron chi connectivity index (χ1n) is 9.14. The van der Waals surface area contributed by atoms with Gasteiger partial charge in [-0.1, -0.05) is 12.1 Å². The van der Waals surface area contributed by atoms with Gasteiger partial charge in [-0.05, 0) is 55.8 Å². The molecule has 30 heavy (non-hydrogen) atoms. The second kappa shape index (κ2) is 7.40. The number of anilines is 1. The smallest absolute Gasteiger partial charge is 0.315 e. The first kappa shape index (κ1) is 19.3. The summed E-state index contributed by atoms with van der Waals surface area (Å²) in [6.07, 6.45) is 4.28. The fraction of sp³-hybridized carbons (Fsp3) is 0.0909. The third-order valence-electron chi connectivity index (χ3n) is 4.87. The van der Waals surface area contributed by atoms with Crippen molar-refractivity contribution in [1.29, 1.82) is 0 Å². The van der Waals surface area contributed by atoms with Crippen molar-refractivity contribution in [2.45, 2.75) is 13.8 Å². The largest absolute Gasteiger partial charge is 0.336 e. The second-order valence-electron chi connectivity index (χ2n) is 6.78. The summed E-state index contributed by atoms with van der Waals surface area (Å²) in [7, 11) is 0. The van der Waals surface area contributed by atoms with Crippen molar-refractivity contribution in [2.24, 2.45) is 0 Å². The Morgan fingerprint density at radius 1 is 1.07 bits per heavy atom. The molecule has 8 heteroatoms. The zero-order valence-corrected chi connectivity index (χ0v) is 16.2. The number of para-hydroxylation sites is 1. The number of hydrogen-bond acceptors (Lipinski definition) is 4. The van der Waals surface area contributed by atoms with Crippen LogP contribution in [0.2, 0.25) is 0 Å². The van der Waals surface area contributed by atoms with Gasteiger partial charge in [0, 0.05) is 17.6 Å². The van der Waals surface area contributed by atoms with E-state index in [-0.39, 0.29) is 11.3 Å². The molecule has 1 aliphatic rings. The van der Waals surface area contributed by atoms with E-state index < -0.39 is 23.7 Å². The number of benzene rings is 1. The molecule has 1 aliphatic heterocycles. The van der Waals surface area contributed by atoms with Crippen molar-refractivity contribution in [3.8, 4) is 5.69 Å². The molecule has 0 aliphatic carbocycles. The number of pyridine rings is 1. The Bertz CT molecular complexity index is 1210. The van der Waals surface area contributed by atoms with Gasteiger partial charge in [0.2, 0.25) is 0 Å². The van der Waals surface area contributed by atoms with Crippen LogP contribution in [0.25, 0.3) is 11.8 Å². The minimum atomic E-state index is -0.841. The molecule has 150 valence electrons. The van der Waals surface area contributed by atoms with E-state index >= 15 is 0 Å². The molecule has 0 atom stereocenters. The molecule has 4 amide bonds. The number of rotatable bonds is 3. The van der Waals surface area contributed by atoms with Crippen LogP contribution >= 0.6 is 0 Å². The number of amides is 4. The standard InChI is InChI=1S/C22H17FN4O3/c1-13-10-15(14(2)26(13)19-8-4-3-7-18(19)23)11-17-20(28)25-22(30)27(21(17)29)16-6-5-9-24-12-16/h3-12H,1-2H3,(H,25,28,30)/b17-11+. The molecule has 4 rings (SSSR count). The molecule has 0 radical (unpaired) electrons. The molecule has 0 saturated carbocycles. The molecule has 0 spiro atoms. The van der Waals surface area contributed by atoms with E-state index in [0.717, 1.165) is 10.6 Å². The molecule has 1 saturated heterocycles. The van der Waals surface area contributed by atoms with E-state index in [1.807, 2.05) is 0 Å². The van der Waals surface area contributed by atoms with E-state index in [0.29, 0.717) is 16.9 Å². The van der Waals surface area contributed by atoms with Crippen molar-refractivity contribution >= 4 is 29.6 Å². The number of urea groups is 1. The molecular weight excluding hydrogens is 387 g/mol. The average molecular weight is 404 g/mol. The molecule has 0 unspecified atom stereocenters. The van der Waals surface area contributed by atoms with Crippen LogP contribution in [0.3, 0.4) is 0 Å². The summed E-state index contributed by atoms with van der Waals surface area (Å²) in [4.78, 5) is 42.4. The maximum atomic E-state index is 14.3. The third-order valence-corrected chi connectivity index (χ3v) is 4.87. The molecule has 1 fully saturated rings. The monoisotopic (exact) mass is 404 g/mol. The first-order chi connectivity index (χ1) is 14.4. The van der Waals surface area contributed by atoms with Gasteiger partial charge < -0.3 is 4.57 Å². The van der Waals surface area contributed by atoms with Gasteiger partial charge in [-0.2, -0.15) is 0 Å². The van der Waals surface area contributed by atoms with Crippen LogP contribution in [0.4, 0.5) is 14.9 Å². The molecular formula is C22H17FN4O3. The number of nitrogens with zero attached hydrogens (tertiary/aromatic N) is 3. The van der Waals surface area contributed by atoms with Gasteiger partial charge in [0.1, 0.15) is 11.4 Å². The predicted molar refractivity (Wildman–Crippen MR) is 108 cm³/mol. The van der Waals surface area contributed by atoms with Gasteiger partial charge in [0.15, 0.2) is 0 Å². The van der Waals surface area contributed by atoms with Crippen LogP contribution < -0.4 is 10.2 Å². The van der Waals surface area contributed by atoms with Gasteiger partial charge in [0.25, 0.3) is 11.8 Å². The minimum Gasteiger partial charge on any atom is -0.315 e. The number of carbonyl (C=O) groups excluding carboxylic acids is 3. The highest BCUT2D eigenvalue weighted by Gasteiger charge is 2.37. The highest BCUT2D eigenvalue weighted by atomic mass is 19.1. The Kier molecular flexibility index (Phi) is 4.75. The topological polar surface area (TPSA) is 84.3 Å². The highest BCUT2D eigenvalue weighted by molar-refractivity contribution is 6.39. The van der Waals surface area contributed by atoms with Crippen molar-refractivity contribution in [3.63, 3.8) is 0 Å². The molecule has 3 heterocycles. The maximum Gasteiger partial charge on any atom is 0.336 e. The number of carbonyl (C=O) groups is 3. The Labute approximate surface area is 171 Å². The van der Waals surface area contributed by atoms with Gasteiger partial charge >= 0.3 is 6.03 Å². The van der Waals surface area contributed by atoms with Gasteiger partial charge in [-0.3, -0.25) is 19.9 Å². The van der Waals surface area contributed by atoms with Crippen molar-refractivity contribution in [1.82, 2.24) is 14.9 Å². The van der Waals surface area contributed by atoms with E-state index in [9.17, 15) is 18.8 Å². The number of imide groups is 2. The van der Waals surface area contributed by atoms with Gasteiger partial charge in [-0.25, -0.2) is 14.1 Å². The molecule has 1 N–H and O–H groups in total. The van der Waals surface area contributed by atoms with Crippen LogP contribution in [0, 0.1) is 19.7 Å². The number of nitrogens with one attached hydrogen (secondary N) is 1. The van der Waals surface area contributed by atoms with E-state index in [4.69, 9.17) is 0 Å². The lowest BCUT2D eigenvalue weighted by atomic mass is 10.1. The fourth-order valence-electron chi connectivity index (χ4n) is 3.47. The third kappa shape index (κ3) is 3.18. The van der Waals surface area contributed by atoms with Crippen molar-refractivity contribution < 1.29 is 18.8 Å². The fourth-order valence-corrected chi connectivity index (χ4v) is 3.47. The van der Waals surface area contributed by atoms with Crippen LogP contribution in [0.15, 0.2) is 60.4 Å². The molecule has 0 bridgehead atoms. The van der Waals surface area contributed by atoms with Crippen LogP contribution in [-0.2, 0) is 9.59 Å². The normalized spacial score (nSPS) is 15.6. The Balaban J connectivity index is 1.79.